The molecule has 0 spiro atoms. The van der Waals surface area contributed by atoms with Crippen LogP contribution in [0.2, 0.25) is 10.0 Å². The molecule has 6 nitrogen and oxygen atoms in total. The first kappa shape index (κ1) is 27.2. The van der Waals surface area contributed by atoms with Gasteiger partial charge in [-0.3, -0.25) is 4.31 Å². The minimum Gasteiger partial charge on any atom is -0.491 e. The standard InChI is InChI=1S/C19H22Cl3NO5S.H2S/c1-23(13-3-5-15(6-4-13)27-12-14(25)11-24)29-28-16-9-17(21)19(18(22)10-16)26-8-2-7-20;/h3-6,9-10,14,24-25H,2,7-8,11-12H2,1H3;1H2. The molecule has 0 aliphatic rings. The molecule has 168 valence electrons. The fourth-order valence-electron chi connectivity index (χ4n) is 2.09. The Morgan fingerprint density at radius 3 is 2.27 bits per heavy atom. The molecule has 0 aliphatic carbocycles. The first-order chi connectivity index (χ1) is 13.9. The highest BCUT2D eigenvalue weighted by Crippen LogP contribution is 2.38. The lowest BCUT2D eigenvalue weighted by Crippen LogP contribution is -2.21. The van der Waals surface area contributed by atoms with Crippen molar-refractivity contribution < 1.29 is 23.9 Å². The maximum absolute atomic E-state index is 9.32. The van der Waals surface area contributed by atoms with E-state index in [0.717, 1.165) is 17.9 Å². The van der Waals surface area contributed by atoms with Gasteiger partial charge in [-0.25, -0.2) is 0 Å². The average Bonchev–Trinajstić information content (AvgIpc) is 2.72. The third-order valence-electron chi connectivity index (χ3n) is 3.59. The van der Waals surface area contributed by atoms with E-state index in [-0.39, 0.29) is 26.7 Å². The van der Waals surface area contributed by atoms with Crippen molar-refractivity contribution in [2.75, 3.05) is 37.1 Å². The van der Waals surface area contributed by atoms with Gasteiger partial charge in [-0.2, -0.15) is 13.5 Å². The average molecular weight is 517 g/mol. The van der Waals surface area contributed by atoms with Crippen molar-refractivity contribution in [1.29, 1.82) is 0 Å². The second-order valence-electron chi connectivity index (χ2n) is 5.90. The number of hydrogen-bond acceptors (Lipinski definition) is 7. The van der Waals surface area contributed by atoms with Crippen LogP contribution in [-0.2, 0) is 0 Å². The summed E-state index contributed by atoms with van der Waals surface area (Å²) in [6.07, 6.45) is -0.212. The second-order valence-corrected chi connectivity index (χ2v) is 7.96. The number of alkyl halides is 1. The molecule has 2 N–H and O–H groups in total. The molecule has 0 amide bonds. The Morgan fingerprint density at radius 1 is 1.07 bits per heavy atom. The van der Waals surface area contributed by atoms with Gasteiger partial charge in [-0.1, -0.05) is 23.2 Å². The van der Waals surface area contributed by atoms with E-state index in [0.29, 0.717) is 46.2 Å². The minimum atomic E-state index is -0.905. The van der Waals surface area contributed by atoms with E-state index in [4.69, 9.17) is 53.6 Å². The lowest BCUT2D eigenvalue weighted by Gasteiger charge is -2.18. The van der Waals surface area contributed by atoms with Crippen LogP contribution in [0, 0.1) is 0 Å². The van der Waals surface area contributed by atoms with Gasteiger partial charge in [0.2, 0.25) is 0 Å². The molecule has 0 heterocycles. The van der Waals surface area contributed by atoms with Crippen molar-refractivity contribution >= 4 is 66.2 Å². The summed E-state index contributed by atoms with van der Waals surface area (Å²) in [4.78, 5) is 0. The number of ether oxygens (including phenoxy) is 2. The van der Waals surface area contributed by atoms with E-state index in [1.165, 1.54) is 0 Å². The van der Waals surface area contributed by atoms with Crippen molar-refractivity contribution in [3.63, 3.8) is 0 Å². The lowest BCUT2D eigenvalue weighted by atomic mass is 10.3. The lowest BCUT2D eigenvalue weighted by molar-refractivity contribution is 0.0536. The number of halogens is 3. The summed E-state index contributed by atoms with van der Waals surface area (Å²) in [7, 11) is 1.84. The fraction of sp³-hybridized carbons (Fsp3) is 0.368. The van der Waals surface area contributed by atoms with Gasteiger partial charge in [0.15, 0.2) is 18.0 Å². The molecule has 1 unspecified atom stereocenters. The molecule has 0 aromatic heterocycles. The van der Waals surface area contributed by atoms with Crippen LogP contribution < -0.4 is 18.0 Å². The van der Waals surface area contributed by atoms with Crippen molar-refractivity contribution in [3.8, 4) is 17.2 Å². The molecule has 2 aromatic rings. The summed E-state index contributed by atoms with van der Waals surface area (Å²) < 4.78 is 18.4. The Balaban J connectivity index is 0.00000450. The number of anilines is 1. The summed E-state index contributed by atoms with van der Waals surface area (Å²) in [5, 5.41) is 18.8. The molecular formula is C19H24Cl3NO5S2. The number of aliphatic hydroxyl groups excluding tert-OH is 2. The Morgan fingerprint density at radius 2 is 1.70 bits per heavy atom. The van der Waals surface area contributed by atoms with Crippen molar-refractivity contribution in [2.45, 2.75) is 12.5 Å². The molecule has 0 saturated heterocycles. The van der Waals surface area contributed by atoms with Gasteiger partial charge in [0.25, 0.3) is 0 Å². The molecule has 30 heavy (non-hydrogen) atoms. The number of rotatable bonds is 12. The fourth-order valence-corrected chi connectivity index (χ4v) is 3.28. The zero-order valence-electron chi connectivity index (χ0n) is 16.2. The van der Waals surface area contributed by atoms with Crippen LogP contribution in [-0.4, -0.2) is 49.1 Å². The first-order valence-corrected chi connectivity index (χ1v) is 10.7. The first-order valence-electron chi connectivity index (χ1n) is 8.72. The van der Waals surface area contributed by atoms with Gasteiger partial charge in [-0.05, 0) is 30.7 Å². The largest absolute Gasteiger partial charge is 0.491 e. The molecule has 0 fully saturated rings. The SMILES string of the molecule is CN(SOc1cc(Cl)c(OCCCCl)c(Cl)c1)c1ccc(OCC(O)CO)cc1.S. The van der Waals surface area contributed by atoms with E-state index in [1.807, 2.05) is 19.2 Å². The van der Waals surface area contributed by atoms with Crippen LogP contribution in [0.3, 0.4) is 0 Å². The van der Waals surface area contributed by atoms with Crippen molar-refractivity contribution in [3.05, 3.63) is 46.4 Å². The molecule has 2 rings (SSSR count). The predicted octanol–water partition coefficient (Wildman–Crippen LogP) is 4.92. The smallest absolute Gasteiger partial charge is 0.179 e. The maximum atomic E-state index is 9.32. The van der Waals surface area contributed by atoms with Crippen LogP contribution in [0.5, 0.6) is 17.2 Å². The zero-order chi connectivity index (χ0) is 21.2. The van der Waals surface area contributed by atoms with E-state index in [9.17, 15) is 5.11 Å². The van der Waals surface area contributed by atoms with Crippen LogP contribution >= 0.6 is 60.5 Å². The molecule has 1 atom stereocenters. The van der Waals surface area contributed by atoms with Crippen LogP contribution in [0.4, 0.5) is 5.69 Å². The molecular weight excluding hydrogens is 493 g/mol. The van der Waals surface area contributed by atoms with Crippen molar-refractivity contribution in [1.82, 2.24) is 0 Å². The van der Waals surface area contributed by atoms with Crippen LogP contribution in [0.1, 0.15) is 6.42 Å². The highest BCUT2D eigenvalue weighted by atomic mass is 35.5. The second kappa shape index (κ2) is 14.2. The molecule has 0 saturated carbocycles. The number of benzene rings is 2. The number of nitrogens with zero attached hydrogens (tertiary/aromatic N) is 1. The van der Waals surface area contributed by atoms with Gasteiger partial charge in [0.05, 0.1) is 23.3 Å². The highest BCUT2D eigenvalue weighted by Gasteiger charge is 2.12. The van der Waals surface area contributed by atoms with E-state index >= 15 is 0 Å². The zero-order valence-corrected chi connectivity index (χ0v) is 20.3. The van der Waals surface area contributed by atoms with Gasteiger partial charge in [0.1, 0.15) is 24.2 Å². The minimum absolute atomic E-state index is 0. The summed E-state index contributed by atoms with van der Waals surface area (Å²) in [6, 6.07) is 10.5. The monoisotopic (exact) mass is 515 g/mol. The summed E-state index contributed by atoms with van der Waals surface area (Å²) in [5.41, 5.74) is 0.864. The summed E-state index contributed by atoms with van der Waals surface area (Å²) in [6.45, 7) is 0.110. The molecule has 0 aliphatic heterocycles. The number of hydrogen-bond donors (Lipinski definition) is 2. The molecule has 2 aromatic carbocycles. The molecule has 0 bridgehead atoms. The molecule has 0 radical (unpaired) electrons. The number of aliphatic hydroxyl groups is 2. The topological polar surface area (TPSA) is 71.4 Å². The summed E-state index contributed by atoms with van der Waals surface area (Å²) in [5.74, 6) is 1.98. The highest BCUT2D eigenvalue weighted by molar-refractivity contribution is 7.96. The molecule has 11 heteroatoms. The Labute approximate surface area is 202 Å². The van der Waals surface area contributed by atoms with Crippen molar-refractivity contribution in [2.24, 2.45) is 0 Å². The van der Waals surface area contributed by atoms with Crippen LogP contribution in [0.25, 0.3) is 0 Å². The van der Waals surface area contributed by atoms with Crippen LogP contribution in [0.15, 0.2) is 36.4 Å². The predicted molar refractivity (Wildman–Crippen MR) is 129 cm³/mol. The normalized spacial score (nSPS) is 11.4. The van der Waals surface area contributed by atoms with Gasteiger partial charge < -0.3 is 23.9 Å². The van der Waals surface area contributed by atoms with Gasteiger partial charge in [-0.15, -0.1) is 11.6 Å². The van der Waals surface area contributed by atoms with E-state index < -0.39 is 6.10 Å². The Hall–Kier alpha value is -0.870. The van der Waals surface area contributed by atoms with E-state index in [1.54, 1.807) is 28.6 Å². The quantitative estimate of drug-likeness (QED) is 0.179. The third kappa shape index (κ3) is 8.70. The Kier molecular flexibility index (Phi) is 12.9. The Bertz CT molecular complexity index is 747. The summed E-state index contributed by atoms with van der Waals surface area (Å²) >= 11 is 19.2. The van der Waals surface area contributed by atoms with Gasteiger partial charge >= 0.3 is 0 Å². The van der Waals surface area contributed by atoms with E-state index in [2.05, 4.69) is 0 Å². The maximum Gasteiger partial charge on any atom is 0.179 e. The third-order valence-corrected chi connectivity index (χ3v) is 5.13. The van der Waals surface area contributed by atoms with Gasteiger partial charge in [0, 0.05) is 30.7 Å².